The van der Waals surface area contributed by atoms with Crippen molar-refractivity contribution in [2.24, 2.45) is 0 Å². The molecule has 0 spiro atoms. The monoisotopic (exact) mass is 334 g/mol. The van der Waals surface area contributed by atoms with Gasteiger partial charge in [-0.2, -0.15) is 0 Å². The van der Waals surface area contributed by atoms with Crippen LogP contribution in [-0.4, -0.2) is 11.7 Å². The molecule has 138 valence electrons. The minimum absolute atomic E-state index is 0.703. The minimum Gasteiger partial charge on any atom is -0.494 e. The molecule has 0 aliphatic heterocycles. The summed E-state index contributed by atoms with van der Waals surface area (Å²) in [6, 6.07) is 7.88. The fraction of sp³-hybridized carbons (Fsp3) is 0.727. The standard InChI is InChI=1S/C22H38O2/c1-4-6-7-8-9-10-11-12-13-14-18-24-21-17-15-16-20(19-21)22(3,23)5-2/h15-17,19,23H,4-14,18H2,1-3H3. The van der Waals surface area contributed by atoms with Gasteiger partial charge in [-0.25, -0.2) is 0 Å². The Kier molecular flexibility index (Phi) is 10.8. The van der Waals surface area contributed by atoms with Gasteiger partial charge in [0.05, 0.1) is 12.2 Å². The normalized spacial score (nSPS) is 13.7. The molecule has 2 nitrogen and oxygen atoms in total. The van der Waals surface area contributed by atoms with Crippen molar-refractivity contribution in [3.63, 3.8) is 0 Å². The summed E-state index contributed by atoms with van der Waals surface area (Å²) in [5.74, 6) is 0.872. The van der Waals surface area contributed by atoms with Crippen molar-refractivity contribution in [3.8, 4) is 5.75 Å². The lowest BCUT2D eigenvalue weighted by Gasteiger charge is -2.22. The highest BCUT2D eigenvalue weighted by Gasteiger charge is 2.20. The van der Waals surface area contributed by atoms with Gasteiger partial charge in [0.2, 0.25) is 0 Å². The fourth-order valence-electron chi connectivity index (χ4n) is 2.90. The molecule has 1 rings (SSSR count). The molecular formula is C22H38O2. The average Bonchev–Trinajstić information content (AvgIpc) is 2.60. The van der Waals surface area contributed by atoms with E-state index < -0.39 is 5.60 Å². The van der Waals surface area contributed by atoms with E-state index in [9.17, 15) is 5.11 Å². The molecule has 24 heavy (non-hydrogen) atoms. The number of aliphatic hydroxyl groups is 1. The van der Waals surface area contributed by atoms with Crippen LogP contribution in [0.5, 0.6) is 5.75 Å². The Morgan fingerprint density at radius 2 is 1.46 bits per heavy atom. The molecular weight excluding hydrogens is 296 g/mol. The number of unbranched alkanes of at least 4 members (excludes halogenated alkanes) is 9. The summed E-state index contributed by atoms with van der Waals surface area (Å²) >= 11 is 0. The molecule has 0 aromatic heterocycles. The molecule has 0 aliphatic carbocycles. The molecule has 0 heterocycles. The molecule has 1 aromatic carbocycles. The Morgan fingerprint density at radius 1 is 0.875 bits per heavy atom. The summed E-state index contributed by atoms with van der Waals surface area (Å²) in [5.41, 5.74) is 0.168. The lowest BCUT2D eigenvalue weighted by atomic mass is 9.93. The van der Waals surface area contributed by atoms with Crippen LogP contribution in [0.2, 0.25) is 0 Å². The van der Waals surface area contributed by atoms with E-state index in [1.807, 2.05) is 38.1 Å². The second-order valence-electron chi connectivity index (χ2n) is 7.19. The second-order valence-corrected chi connectivity index (χ2v) is 7.19. The fourth-order valence-corrected chi connectivity index (χ4v) is 2.90. The Balaban J connectivity index is 2.08. The first-order valence-corrected chi connectivity index (χ1v) is 10.1. The van der Waals surface area contributed by atoms with Gasteiger partial charge < -0.3 is 9.84 Å². The molecule has 1 atom stereocenters. The van der Waals surface area contributed by atoms with Crippen LogP contribution in [0.1, 0.15) is 97.0 Å². The maximum Gasteiger partial charge on any atom is 0.119 e. The van der Waals surface area contributed by atoms with E-state index in [1.54, 1.807) is 0 Å². The smallest absolute Gasteiger partial charge is 0.119 e. The van der Waals surface area contributed by atoms with Crippen LogP contribution in [0.4, 0.5) is 0 Å². The number of ether oxygens (including phenoxy) is 1. The summed E-state index contributed by atoms with van der Waals surface area (Å²) in [6.07, 6.45) is 14.1. The number of rotatable bonds is 14. The SMILES string of the molecule is CCCCCCCCCCCCOc1cccc(C(C)(O)CC)c1. The minimum atomic E-state index is -0.767. The molecule has 1 unspecified atom stereocenters. The van der Waals surface area contributed by atoms with E-state index in [2.05, 4.69) is 6.92 Å². The molecule has 2 heteroatoms. The summed E-state index contributed by atoms with van der Waals surface area (Å²) in [5, 5.41) is 10.3. The Bertz CT molecular complexity index is 426. The molecule has 1 aromatic rings. The lowest BCUT2D eigenvalue weighted by Crippen LogP contribution is -2.19. The van der Waals surface area contributed by atoms with Gasteiger partial charge in [-0.15, -0.1) is 0 Å². The van der Waals surface area contributed by atoms with Crippen LogP contribution in [0, 0.1) is 0 Å². The van der Waals surface area contributed by atoms with Crippen molar-refractivity contribution in [1.29, 1.82) is 0 Å². The topological polar surface area (TPSA) is 29.5 Å². The average molecular weight is 335 g/mol. The zero-order chi connectivity index (χ0) is 17.7. The largest absolute Gasteiger partial charge is 0.494 e. The van der Waals surface area contributed by atoms with E-state index in [1.165, 1.54) is 57.8 Å². The van der Waals surface area contributed by atoms with E-state index in [0.717, 1.165) is 24.3 Å². The van der Waals surface area contributed by atoms with Crippen molar-refractivity contribution in [3.05, 3.63) is 29.8 Å². The predicted molar refractivity (Wildman–Crippen MR) is 104 cm³/mol. The van der Waals surface area contributed by atoms with E-state index in [-0.39, 0.29) is 0 Å². The molecule has 0 saturated heterocycles. The first-order chi connectivity index (χ1) is 11.6. The highest BCUT2D eigenvalue weighted by molar-refractivity contribution is 5.31. The highest BCUT2D eigenvalue weighted by Crippen LogP contribution is 2.27. The summed E-state index contributed by atoms with van der Waals surface area (Å²) in [4.78, 5) is 0. The van der Waals surface area contributed by atoms with Crippen molar-refractivity contribution in [2.45, 2.75) is 97.0 Å². The number of hydrogen-bond acceptors (Lipinski definition) is 2. The first-order valence-electron chi connectivity index (χ1n) is 10.1. The molecule has 0 radical (unpaired) electrons. The predicted octanol–water partition coefficient (Wildman–Crippen LogP) is 6.60. The third kappa shape index (κ3) is 8.73. The summed E-state index contributed by atoms with van der Waals surface area (Å²) in [6.45, 7) is 6.89. The number of benzene rings is 1. The third-order valence-electron chi connectivity index (χ3n) is 4.91. The molecule has 1 N–H and O–H groups in total. The van der Waals surface area contributed by atoms with Gasteiger partial charge in [-0.05, 0) is 37.5 Å². The Morgan fingerprint density at radius 3 is 2.04 bits per heavy atom. The maximum atomic E-state index is 10.3. The van der Waals surface area contributed by atoms with Gasteiger partial charge >= 0.3 is 0 Å². The van der Waals surface area contributed by atoms with Crippen molar-refractivity contribution < 1.29 is 9.84 Å². The third-order valence-corrected chi connectivity index (χ3v) is 4.91. The van der Waals surface area contributed by atoms with E-state index >= 15 is 0 Å². The zero-order valence-corrected chi connectivity index (χ0v) is 16.2. The van der Waals surface area contributed by atoms with Crippen LogP contribution in [0.25, 0.3) is 0 Å². The summed E-state index contributed by atoms with van der Waals surface area (Å²) in [7, 11) is 0. The quantitative estimate of drug-likeness (QED) is 0.388. The maximum absolute atomic E-state index is 10.3. The van der Waals surface area contributed by atoms with E-state index in [0.29, 0.717) is 6.42 Å². The van der Waals surface area contributed by atoms with E-state index in [4.69, 9.17) is 4.74 Å². The van der Waals surface area contributed by atoms with Crippen LogP contribution in [0.3, 0.4) is 0 Å². The second kappa shape index (κ2) is 12.4. The van der Waals surface area contributed by atoms with Crippen molar-refractivity contribution in [1.82, 2.24) is 0 Å². The molecule has 0 saturated carbocycles. The highest BCUT2D eigenvalue weighted by atomic mass is 16.5. The van der Waals surface area contributed by atoms with Crippen LogP contribution < -0.4 is 4.74 Å². The number of hydrogen-bond donors (Lipinski definition) is 1. The lowest BCUT2D eigenvalue weighted by molar-refractivity contribution is 0.0528. The van der Waals surface area contributed by atoms with Gasteiger partial charge in [-0.3, -0.25) is 0 Å². The van der Waals surface area contributed by atoms with Crippen LogP contribution >= 0.6 is 0 Å². The van der Waals surface area contributed by atoms with Crippen molar-refractivity contribution >= 4 is 0 Å². The van der Waals surface area contributed by atoms with Gasteiger partial charge in [0.1, 0.15) is 5.75 Å². The Labute approximate surface area is 149 Å². The first kappa shape index (κ1) is 21.0. The molecule has 0 amide bonds. The summed E-state index contributed by atoms with van der Waals surface area (Å²) < 4.78 is 5.85. The van der Waals surface area contributed by atoms with Gasteiger partial charge in [-0.1, -0.05) is 83.8 Å². The van der Waals surface area contributed by atoms with Crippen LogP contribution in [-0.2, 0) is 5.60 Å². The van der Waals surface area contributed by atoms with Gasteiger partial charge in [0, 0.05) is 0 Å². The molecule has 0 fully saturated rings. The zero-order valence-electron chi connectivity index (χ0n) is 16.2. The molecule has 0 bridgehead atoms. The van der Waals surface area contributed by atoms with Gasteiger partial charge in [0.15, 0.2) is 0 Å². The molecule has 0 aliphatic rings. The van der Waals surface area contributed by atoms with Crippen LogP contribution in [0.15, 0.2) is 24.3 Å². The van der Waals surface area contributed by atoms with Gasteiger partial charge in [0.25, 0.3) is 0 Å². The van der Waals surface area contributed by atoms with Crippen molar-refractivity contribution in [2.75, 3.05) is 6.61 Å². The Hall–Kier alpha value is -1.02.